The Morgan fingerprint density at radius 1 is 1.50 bits per heavy atom. The normalized spacial score (nSPS) is 10.7. The molecular weight excluding hydrogens is 274 g/mol. The van der Waals surface area contributed by atoms with E-state index < -0.39 is 0 Å². The van der Waals surface area contributed by atoms with Gasteiger partial charge in [-0.05, 0) is 38.1 Å². The third kappa shape index (κ3) is 5.20. The van der Waals surface area contributed by atoms with Crippen LogP contribution in [0.3, 0.4) is 0 Å². The Morgan fingerprint density at radius 3 is 2.70 bits per heavy atom. The van der Waals surface area contributed by atoms with E-state index in [0.29, 0.717) is 23.7 Å². The Labute approximate surface area is 125 Å². The van der Waals surface area contributed by atoms with Crippen LogP contribution in [0.15, 0.2) is 18.2 Å². The second-order valence-corrected chi connectivity index (χ2v) is 5.35. The highest BCUT2D eigenvalue weighted by Crippen LogP contribution is 2.19. The average molecular weight is 294 g/mol. The highest BCUT2D eigenvalue weighted by molar-refractivity contribution is 6.31. The van der Waals surface area contributed by atoms with Crippen LogP contribution in [0.4, 0.5) is 0 Å². The van der Waals surface area contributed by atoms with Crippen molar-refractivity contribution in [2.24, 2.45) is 0 Å². The van der Waals surface area contributed by atoms with Gasteiger partial charge < -0.3 is 5.32 Å². The number of carbonyl (C=O) groups excluding carboxylic acids is 1. The van der Waals surface area contributed by atoms with Crippen LogP contribution in [-0.2, 0) is 11.3 Å². The van der Waals surface area contributed by atoms with E-state index in [1.165, 1.54) is 0 Å². The van der Waals surface area contributed by atoms with Crippen LogP contribution >= 0.6 is 11.6 Å². The predicted molar refractivity (Wildman–Crippen MR) is 80.4 cm³/mol. The van der Waals surface area contributed by atoms with Crippen LogP contribution in [0.2, 0.25) is 5.02 Å². The Hall–Kier alpha value is -1.57. The van der Waals surface area contributed by atoms with E-state index in [9.17, 15) is 4.79 Å². The van der Waals surface area contributed by atoms with E-state index in [0.717, 1.165) is 12.1 Å². The maximum atomic E-state index is 11.8. The van der Waals surface area contributed by atoms with Crippen molar-refractivity contribution in [2.75, 3.05) is 13.1 Å². The summed E-state index contributed by atoms with van der Waals surface area (Å²) in [6, 6.07) is 7.42. The number of hydrogen-bond donors (Lipinski definition) is 1. The van der Waals surface area contributed by atoms with E-state index in [-0.39, 0.29) is 11.9 Å². The van der Waals surface area contributed by atoms with Gasteiger partial charge in [-0.25, -0.2) is 0 Å². The number of hydrogen-bond acceptors (Lipinski definition) is 3. The summed E-state index contributed by atoms with van der Waals surface area (Å²) in [7, 11) is 0. The van der Waals surface area contributed by atoms with Gasteiger partial charge in [0.25, 0.3) is 0 Å². The maximum absolute atomic E-state index is 11.8. The molecule has 0 aliphatic rings. The standard InChI is InChI=1S/C15H20ClN3O/c1-4-19(10-15(20)18-11(2)3)9-13-6-5-12(8-17)7-14(13)16/h5-7,11H,4,9-10H2,1-3H3,(H,18,20). The van der Waals surface area contributed by atoms with Gasteiger partial charge in [0.2, 0.25) is 5.91 Å². The van der Waals surface area contributed by atoms with Gasteiger partial charge in [-0.15, -0.1) is 0 Å². The fraction of sp³-hybridized carbons (Fsp3) is 0.467. The molecule has 108 valence electrons. The Bertz CT molecular complexity index is 508. The SMILES string of the molecule is CCN(CC(=O)NC(C)C)Cc1ccc(C#N)cc1Cl. The number of nitriles is 1. The van der Waals surface area contributed by atoms with E-state index in [4.69, 9.17) is 16.9 Å². The molecule has 0 heterocycles. The fourth-order valence-corrected chi connectivity index (χ4v) is 2.08. The van der Waals surface area contributed by atoms with Crippen LogP contribution in [0.25, 0.3) is 0 Å². The van der Waals surface area contributed by atoms with Crippen molar-refractivity contribution >= 4 is 17.5 Å². The molecule has 1 amide bonds. The molecule has 0 aliphatic heterocycles. The molecule has 0 atom stereocenters. The molecular formula is C15H20ClN3O. The monoisotopic (exact) mass is 293 g/mol. The van der Waals surface area contributed by atoms with Crippen molar-refractivity contribution in [2.45, 2.75) is 33.4 Å². The summed E-state index contributed by atoms with van der Waals surface area (Å²) < 4.78 is 0. The van der Waals surface area contributed by atoms with Crippen LogP contribution in [0.5, 0.6) is 0 Å². The zero-order chi connectivity index (χ0) is 15.1. The van der Waals surface area contributed by atoms with Crippen LogP contribution in [0.1, 0.15) is 31.9 Å². The maximum Gasteiger partial charge on any atom is 0.234 e. The van der Waals surface area contributed by atoms with Crippen molar-refractivity contribution in [3.05, 3.63) is 34.3 Å². The largest absolute Gasteiger partial charge is 0.353 e. The van der Waals surface area contributed by atoms with Crippen molar-refractivity contribution in [1.29, 1.82) is 5.26 Å². The highest BCUT2D eigenvalue weighted by Gasteiger charge is 2.12. The van der Waals surface area contributed by atoms with Gasteiger partial charge in [-0.3, -0.25) is 9.69 Å². The molecule has 20 heavy (non-hydrogen) atoms. The molecule has 0 saturated heterocycles. The lowest BCUT2D eigenvalue weighted by atomic mass is 10.1. The van der Waals surface area contributed by atoms with E-state index in [1.807, 2.05) is 31.7 Å². The van der Waals surface area contributed by atoms with Crippen LogP contribution in [-0.4, -0.2) is 29.9 Å². The zero-order valence-electron chi connectivity index (χ0n) is 12.1. The molecule has 0 aliphatic carbocycles. The first-order valence-electron chi connectivity index (χ1n) is 6.66. The molecule has 0 saturated carbocycles. The lowest BCUT2D eigenvalue weighted by Crippen LogP contribution is -2.39. The van der Waals surface area contributed by atoms with Crippen LogP contribution < -0.4 is 5.32 Å². The Balaban J connectivity index is 2.69. The van der Waals surface area contributed by atoms with E-state index >= 15 is 0 Å². The second kappa shape index (κ2) is 7.88. The molecule has 0 bridgehead atoms. The van der Waals surface area contributed by atoms with Crippen molar-refractivity contribution in [3.8, 4) is 6.07 Å². The first-order chi connectivity index (χ1) is 9.46. The van der Waals surface area contributed by atoms with E-state index in [2.05, 4.69) is 11.4 Å². The zero-order valence-corrected chi connectivity index (χ0v) is 12.9. The molecule has 0 unspecified atom stereocenters. The summed E-state index contributed by atoms with van der Waals surface area (Å²) in [4.78, 5) is 13.8. The second-order valence-electron chi connectivity index (χ2n) is 4.94. The molecule has 1 aromatic carbocycles. The van der Waals surface area contributed by atoms with E-state index in [1.54, 1.807) is 12.1 Å². The van der Waals surface area contributed by atoms with Crippen molar-refractivity contribution in [1.82, 2.24) is 10.2 Å². The van der Waals surface area contributed by atoms with Gasteiger partial charge in [0.15, 0.2) is 0 Å². The molecule has 0 radical (unpaired) electrons. The topological polar surface area (TPSA) is 56.1 Å². The van der Waals surface area contributed by atoms with Gasteiger partial charge in [0, 0.05) is 17.6 Å². The molecule has 0 fully saturated rings. The van der Waals surface area contributed by atoms with Crippen molar-refractivity contribution in [3.63, 3.8) is 0 Å². The number of nitrogens with zero attached hydrogens (tertiary/aromatic N) is 2. The molecule has 1 N–H and O–H groups in total. The first kappa shape index (κ1) is 16.5. The lowest BCUT2D eigenvalue weighted by molar-refractivity contribution is -0.122. The van der Waals surface area contributed by atoms with Gasteiger partial charge in [-0.2, -0.15) is 5.26 Å². The minimum Gasteiger partial charge on any atom is -0.353 e. The number of nitrogens with one attached hydrogen (secondary N) is 1. The summed E-state index contributed by atoms with van der Waals surface area (Å²) in [5, 5.41) is 12.2. The Morgan fingerprint density at radius 2 is 2.20 bits per heavy atom. The third-order valence-corrected chi connectivity index (χ3v) is 3.19. The number of amides is 1. The van der Waals surface area contributed by atoms with Crippen molar-refractivity contribution < 1.29 is 4.79 Å². The first-order valence-corrected chi connectivity index (χ1v) is 7.04. The van der Waals surface area contributed by atoms with Gasteiger partial charge in [0.05, 0.1) is 18.2 Å². The number of carbonyl (C=O) groups is 1. The minimum absolute atomic E-state index is 0.00613. The smallest absolute Gasteiger partial charge is 0.234 e. The van der Waals surface area contributed by atoms with Gasteiger partial charge in [-0.1, -0.05) is 24.6 Å². The summed E-state index contributed by atoms with van der Waals surface area (Å²) in [5.74, 6) is 0.00613. The number of rotatable bonds is 6. The summed E-state index contributed by atoms with van der Waals surface area (Å²) in [5.41, 5.74) is 1.46. The van der Waals surface area contributed by atoms with Gasteiger partial charge in [0.1, 0.15) is 0 Å². The molecule has 1 aromatic rings. The molecule has 4 nitrogen and oxygen atoms in total. The average Bonchev–Trinajstić information content (AvgIpc) is 2.38. The third-order valence-electron chi connectivity index (χ3n) is 2.84. The molecule has 0 aromatic heterocycles. The Kier molecular flexibility index (Phi) is 6.50. The predicted octanol–water partition coefficient (Wildman–Crippen LogP) is 2.56. The van der Waals surface area contributed by atoms with Crippen LogP contribution in [0, 0.1) is 11.3 Å². The lowest BCUT2D eigenvalue weighted by Gasteiger charge is -2.21. The minimum atomic E-state index is 0.00613. The highest BCUT2D eigenvalue weighted by atomic mass is 35.5. The molecule has 1 rings (SSSR count). The number of halogens is 1. The van der Waals surface area contributed by atoms with Gasteiger partial charge >= 0.3 is 0 Å². The summed E-state index contributed by atoms with van der Waals surface area (Å²) in [6.07, 6.45) is 0. The molecule has 5 heteroatoms. The fourth-order valence-electron chi connectivity index (χ4n) is 1.84. The number of benzene rings is 1. The number of likely N-dealkylation sites (N-methyl/N-ethyl adjacent to an activating group) is 1. The summed E-state index contributed by atoms with van der Waals surface area (Å²) in [6.45, 7) is 7.55. The quantitative estimate of drug-likeness (QED) is 0.877. The summed E-state index contributed by atoms with van der Waals surface area (Å²) >= 11 is 6.15. The molecule has 0 spiro atoms.